The average molecular weight is 371 g/mol. The van der Waals surface area contributed by atoms with Crippen LogP contribution in [0.1, 0.15) is 39.7 Å². The van der Waals surface area contributed by atoms with E-state index in [1.54, 1.807) is 58.0 Å². The summed E-state index contributed by atoms with van der Waals surface area (Å²) in [5.41, 5.74) is 1.84. The lowest BCUT2D eigenvalue weighted by molar-refractivity contribution is -0.144. The van der Waals surface area contributed by atoms with E-state index < -0.39 is 11.7 Å². The molecule has 0 radical (unpaired) electrons. The zero-order valence-corrected chi connectivity index (χ0v) is 16.0. The van der Waals surface area contributed by atoms with Crippen molar-refractivity contribution >= 4 is 17.7 Å². The highest BCUT2D eigenvalue weighted by atomic mass is 16.6. The molecule has 2 aromatic rings. The lowest BCUT2D eigenvalue weighted by Crippen LogP contribution is -2.27. The summed E-state index contributed by atoms with van der Waals surface area (Å²) in [4.78, 5) is 23.9. The molecule has 2 aromatic carbocycles. The summed E-state index contributed by atoms with van der Waals surface area (Å²) in [5, 5.41) is 12.6. The highest BCUT2D eigenvalue weighted by Gasteiger charge is 2.20. The summed E-state index contributed by atoms with van der Waals surface area (Å²) in [6.07, 6.45) is -0.348. The van der Waals surface area contributed by atoms with Crippen LogP contribution in [-0.2, 0) is 20.9 Å². The van der Waals surface area contributed by atoms with Crippen LogP contribution in [0.25, 0.3) is 11.1 Å². The minimum atomic E-state index is -0.654. The molecule has 0 bridgehead atoms. The number of amides is 1. The fourth-order valence-corrected chi connectivity index (χ4v) is 2.45. The topological polar surface area (TPSA) is 84.9 Å². The lowest BCUT2D eigenvalue weighted by Gasteiger charge is -2.22. The normalized spacial score (nSPS) is 11.0. The first-order valence-corrected chi connectivity index (χ1v) is 8.76. The number of phenols is 1. The van der Waals surface area contributed by atoms with E-state index in [9.17, 15) is 14.7 Å². The largest absolute Gasteiger partial charge is 0.508 e. The number of hydrogen-bond acceptors (Lipinski definition) is 5. The predicted molar refractivity (Wildman–Crippen MR) is 103 cm³/mol. The van der Waals surface area contributed by atoms with Gasteiger partial charge in [0.25, 0.3) is 0 Å². The maximum Gasteiger partial charge on any atom is 0.412 e. The Kier molecular flexibility index (Phi) is 6.45. The third kappa shape index (κ3) is 6.02. The highest BCUT2D eigenvalue weighted by molar-refractivity contribution is 5.93. The molecular formula is C21H25NO5. The number of benzene rings is 2. The molecule has 0 aliphatic carbocycles. The van der Waals surface area contributed by atoms with Crippen molar-refractivity contribution in [2.45, 2.75) is 46.3 Å². The molecule has 0 atom stereocenters. The van der Waals surface area contributed by atoms with Crippen LogP contribution in [0.3, 0.4) is 0 Å². The number of carbonyl (C=O) groups excluding carboxylic acids is 2. The second-order valence-corrected chi connectivity index (χ2v) is 7.03. The van der Waals surface area contributed by atoms with Crippen molar-refractivity contribution in [3.05, 3.63) is 48.0 Å². The third-order valence-corrected chi connectivity index (χ3v) is 3.61. The summed E-state index contributed by atoms with van der Waals surface area (Å²) >= 11 is 0. The first kappa shape index (κ1) is 20.3. The summed E-state index contributed by atoms with van der Waals surface area (Å²) in [6, 6.07) is 12.1. The van der Waals surface area contributed by atoms with Crippen LogP contribution < -0.4 is 5.32 Å². The molecule has 0 fully saturated rings. The molecule has 0 aliphatic heterocycles. The fourth-order valence-electron chi connectivity index (χ4n) is 2.45. The zero-order valence-electron chi connectivity index (χ0n) is 16.0. The van der Waals surface area contributed by atoms with Gasteiger partial charge >= 0.3 is 12.1 Å². The van der Waals surface area contributed by atoms with Gasteiger partial charge in [-0.3, -0.25) is 10.1 Å². The minimum absolute atomic E-state index is 0.0183. The van der Waals surface area contributed by atoms with Crippen molar-refractivity contribution in [3.8, 4) is 16.9 Å². The van der Waals surface area contributed by atoms with Gasteiger partial charge in [-0.1, -0.05) is 37.3 Å². The van der Waals surface area contributed by atoms with E-state index in [0.29, 0.717) is 22.4 Å². The Morgan fingerprint density at radius 3 is 2.44 bits per heavy atom. The lowest BCUT2D eigenvalue weighted by atomic mass is 10.00. The Balaban J connectivity index is 2.43. The number of aromatic hydroxyl groups is 1. The molecule has 144 valence electrons. The third-order valence-electron chi connectivity index (χ3n) is 3.61. The fraction of sp³-hybridized carbons (Fsp3) is 0.333. The quantitative estimate of drug-likeness (QED) is 0.733. The number of phenolic OH excluding ortho intramolecular Hbond substituents is 1. The van der Waals surface area contributed by atoms with Gasteiger partial charge in [0.05, 0.1) is 5.69 Å². The van der Waals surface area contributed by atoms with Crippen LogP contribution in [0.15, 0.2) is 42.5 Å². The van der Waals surface area contributed by atoms with Crippen molar-refractivity contribution < 1.29 is 24.2 Å². The SMILES string of the molecule is CCC(=O)OCc1cccc(-c2cccc(O)c2)c1NC(=O)OC(C)(C)C. The van der Waals surface area contributed by atoms with Crippen LogP contribution in [-0.4, -0.2) is 22.8 Å². The number of rotatable bonds is 5. The highest BCUT2D eigenvalue weighted by Crippen LogP contribution is 2.33. The molecule has 0 heterocycles. The van der Waals surface area contributed by atoms with Gasteiger partial charge in [-0.25, -0.2) is 4.79 Å². The molecular weight excluding hydrogens is 346 g/mol. The van der Waals surface area contributed by atoms with Gasteiger partial charge in [-0.2, -0.15) is 0 Å². The molecule has 1 amide bonds. The van der Waals surface area contributed by atoms with Gasteiger partial charge in [0.2, 0.25) is 0 Å². The molecule has 0 saturated carbocycles. The Hall–Kier alpha value is -3.02. The van der Waals surface area contributed by atoms with Crippen LogP contribution in [0.2, 0.25) is 0 Å². The van der Waals surface area contributed by atoms with E-state index in [0.717, 1.165) is 0 Å². The second kappa shape index (κ2) is 8.58. The maximum absolute atomic E-state index is 12.3. The molecule has 6 nitrogen and oxygen atoms in total. The van der Waals surface area contributed by atoms with Gasteiger partial charge in [-0.05, 0) is 38.5 Å². The Morgan fingerprint density at radius 2 is 1.81 bits per heavy atom. The summed E-state index contributed by atoms with van der Waals surface area (Å²) < 4.78 is 10.6. The van der Waals surface area contributed by atoms with E-state index >= 15 is 0 Å². The maximum atomic E-state index is 12.3. The van der Waals surface area contributed by atoms with Gasteiger partial charge in [0, 0.05) is 17.5 Å². The molecule has 2 N–H and O–H groups in total. The summed E-state index contributed by atoms with van der Waals surface area (Å²) in [5.74, 6) is -0.223. The summed E-state index contributed by atoms with van der Waals surface area (Å²) in [6.45, 7) is 7.06. The number of ether oxygens (including phenoxy) is 2. The van der Waals surface area contributed by atoms with Crippen LogP contribution in [0.4, 0.5) is 10.5 Å². The zero-order chi connectivity index (χ0) is 20.0. The standard InChI is InChI=1S/C21H25NO5/c1-5-18(24)26-13-15-9-7-11-17(14-8-6-10-16(23)12-14)19(15)22-20(25)27-21(2,3)4/h6-12,23H,5,13H2,1-4H3,(H,22,25). The first-order chi connectivity index (χ1) is 12.7. The van der Waals surface area contributed by atoms with Crippen LogP contribution in [0.5, 0.6) is 5.75 Å². The van der Waals surface area contributed by atoms with Crippen molar-refractivity contribution in [1.29, 1.82) is 0 Å². The predicted octanol–water partition coefficient (Wildman–Crippen LogP) is 4.86. The van der Waals surface area contributed by atoms with Crippen LogP contribution >= 0.6 is 0 Å². The minimum Gasteiger partial charge on any atom is -0.508 e. The van der Waals surface area contributed by atoms with Gasteiger partial charge in [0.15, 0.2) is 0 Å². The molecule has 0 aliphatic rings. The Bertz CT molecular complexity index is 824. The van der Waals surface area contributed by atoms with E-state index in [4.69, 9.17) is 9.47 Å². The Morgan fingerprint density at radius 1 is 1.11 bits per heavy atom. The van der Waals surface area contributed by atoms with E-state index in [2.05, 4.69) is 5.32 Å². The summed E-state index contributed by atoms with van der Waals surface area (Å²) in [7, 11) is 0. The smallest absolute Gasteiger partial charge is 0.412 e. The Labute approximate surface area is 159 Å². The van der Waals surface area contributed by atoms with Crippen molar-refractivity contribution in [1.82, 2.24) is 0 Å². The monoisotopic (exact) mass is 371 g/mol. The van der Waals surface area contributed by atoms with Crippen molar-refractivity contribution in [3.63, 3.8) is 0 Å². The van der Waals surface area contributed by atoms with E-state index in [1.165, 1.54) is 0 Å². The van der Waals surface area contributed by atoms with E-state index in [1.807, 2.05) is 12.1 Å². The molecule has 6 heteroatoms. The van der Waals surface area contributed by atoms with Gasteiger partial charge in [-0.15, -0.1) is 0 Å². The molecule has 2 rings (SSSR count). The number of para-hydroxylation sites is 1. The van der Waals surface area contributed by atoms with Crippen LogP contribution in [0, 0.1) is 0 Å². The number of carbonyl (C=O) groups is 2. The van der Waals surface area contributed by atoms with Crippen molar-refractivity contribution in [2.24, 2.45) is 0 Å². The van der Waals surface area contributed by atoms with Crippen molar-refractivity contribution in [2.75, 3.05) is 5.32 Å². The first-order valence-electron chi connectivity index (χ1n) is 8.76. The molecule has 0 aromatic heterocycles. The number of nitrogens with one attached hydrogen (secondary N) is 1. The second-order valence-electron chi connectivity index (χ2n) is 7.03. The molecule has 27 heavy (non-hydrogen) atoms. The number of hydrogen-bond donors (Lipinski definition) is 2. The van der Waals surface area contributed by atoms with Gasteiger partial charge in [0.1, 0.15) is 18.0 Å². The number of anilines is 1. The van der Waals surface area contributed by atoms with Gasteiger partial charge < -0.3 is 14.6 Å². The van der Waals surface area contributed by atoms with E-state index in [-0.39, 0.29) is 24.7 Å². The average Bonchev–Trinajstić information content (AvgIpc) is 2.58. The molecule has 0 unspecified atom stereocenters. The number of esters is 1. The molecule has 0 spiro atoms. The molecule has 0 saturated heterocycles.